The molecular weight excluding hydrogens is 300 g/mol. The Kier molecular flexibility index (Phi) is 4.60. The molecule has 0 amide bonds. The number of hydrogen-bond acceptors (Lipinski definition) is 2. The van der Waals surface area contributed by atoms with E-state index in [0.717, 1.165) is 11.6 Å². The van der Waals surface area contributed by atoms with Crippen molar-refractivity contribution in [1.82, 2.24) is 0 Å². The first-order valence-electron chi connectivity index (χ1n) is 6.18. The van der Waals surface area contributed by atoms with Gasteiger partial charge in [-0.3, -0.25) is 0 Å². The molecule has 0 atom stereocenters. The molecular formula is C16H10F4O2. The maximum atomic E-state index is 13.8. The number of ether oxygens (including phenoxy) is 1. The zero-order valence-electron chi connectivity index (χ0n) is 11.4. The van der Waals surface area contributed by atoms with Crippen LogP contribution >= 0.6 is 0 Å². The summed E-state index contributed by atoms with van der Waals surface area (Å²) in [6.07, 6.45) is 0. The van der Waals surface area contributed by atoms with E-state index in [1.807, 2.05) is 0 Å². The van der Waals surface area contributed by atoms with Crippen LogP contribution in [0.4, 0.5) is 17.6 Å². The van der Waals surface area contributed by atoms with Crippen LogP contribution in [0.15, 0.2) is 48.3 Å². The first-order valence-corrected chi connectivity index (χ1v) is 6.18. The number of halogens is 4. The van der Waals surface area contributed by atoms with Crippen molar-refractivity contribution in [3.8, 4) is 5.75 Å². The van der Waals surface area contributed by atoms with Crippen molar-refractivity contribution < 1.29 is 27.1 Å². The second kappa shape index (κ2) is 6.43. The molecule has 2 rings (SSSR count). The Labute approximate surface area is 123 Å². The molecule has 2 aromatic rings. The van der Waals surface area contributed by atoms with E-state index in [-0.39, 0.29) is 5.56 Å². The highest BCUT2D eigenvalue weighted by Crippen LogP contribution is 2.24. The van der Waals surface area contributed by atoms with Crippen LogP contribution < -0.4 is 4.74 Å². The molecule has 0 aliphatic carbocycles. The molecule has 0 aliphatic heterocycles. The number of hydrogen-bond donors (Lipinski definition) is 0. The predicted molar refractivity (Wildman–Crippen MR) is 72.3 cm³/mol. The van der Waals surface area contributed by atoms with Crippen LogP contribution in [0, 0.1) is 18.6 Å². The summed E-state index contributed by atoms with van der Waals surface area (Å²) in [5.74, 6) is -7.64. The van der Waals surface area contributed by atoms with E-state index in [1.54, 1.807) is 19.1 Å². The fourth-order valence-corrected chi connectivity index (χ4v) is 1.61. The highest BCUT2D eigenvalue weighted by molar-refractivity contribution is 5.94. The minimum absolute atomic E-state index is 0.134. The predicted octanol–water partition coefficient (Wildman–Crippen LogP) is 4.49. The minimum Gasteiger partial charge on any atom is -0.421 e. The second-order valence-corrected chi connectivity index (χ2v) is 4.46. The summed E-state index contributed by atoms with van der Waals surface area (Å²) < 4.78 is 57.7. The van der Waals surface area contributed by atoms with Gasteiger partial charge in [0.25, 0.3) is 0 Å². The van der Waals surface area contributed by atoms with E-state index in [0.29, 0.717) is 12.1 Å². The van der Waals surface area contributed by atoms with Gasteiger partial charge >= 0.3 is 5.97 Å². The van der Waals surface area contributed by atoms with Gasteiger partial charge in [-0.2, -0.15) is 4.39 Å². The topological polar surface area (TPSA) is 26.3 Å². The van der Waals surface area contributed by atoms with Crippen molar-refractivity contribution in [2.75, 3.05) is 0 Å². The zero-order chi connectivity index (χ0) is 16.3. The lowest BCUT2D eigenvalue weighted by Gasteiger charge is -2.05. The Morgan fingerprint density at radius 3 is 2.18 bits per heavy atom. The van der Waals surface area contributed by atoms with Gasteiger partial charge < -0.3 is 4.74 Å². The molecule has 0 fully saturated rings. The SMILES string of the molecule is Cc1ccc(/C(F)=C(/F)C(=O)Oc2ccc(F)c(F)c2)cc1. The monoisotopic (exact) mass is 310 g/mol. The lowest BCUT2D eigenvalue weighted by Crippen LogP contribution is -2.10. The lowest BCUT2D eigenvalue weighted by atomic mass is 10.1. The summed E-state index contributed by atoms with van der Waals surface area (Å²) in [4.78, 5) is 11.5. The third-order valence-electron chi connectivity index (χ3n) is 2.78. The molecule has 0 bridgehead atoms. The molecule has 0 spiro atoms. The Bertz CT molecular complexity index is 736. The fraction of sp³-hybridized carbons (Fsp3) is 0.0625. The molecule has 0 unspecified atom stereocenters. The van der Waals surface area contributed by atoms with E-state index in [1.165, 1.54) is 12.1 Å². The molecule has 0 aromatic heterocycles. The molecule has 0 saturated heterocycles. The maximum Gasteiger partial charge on any atom is 0.375 e. The van der Waals surface area contributed by atoms with E-state index in [9.17, 15) is 22.4 Å². The second-order valence-electron chi connectivity index (χ2n) is 4.46. The Balaban J connectivity index is 2.21. The molecule has 0 radical (unpaired) electrons. The largest absolute Gasteiger partial charge is 0.421 e. The molecule has 0 heterocycles. The molecule has 114 valence electrons. The van der Waals surface area contributed by atoms with Gasteiger partial charge in [-0.15, -0.1) is 0 Å². The number of carbonyl (C=O) groups excluding carboxylic acids is 1. The lowest BCUT2D eigenvalue weighted by molar-refractivity contribution is -0.131. The van der Waals surface area contributed by atoms with Gasteiger partial charge in [0.2, 0.25) is 5.83 Å². The van der Waals surface area contributed by atoms with Crippen molar-refractivity contribution in [2.24, 2.45) is 0 Å². The summed E-state index contributed by atoms with van der Waals surface area (Å²) in [6.45, 7) is 1.76. The van der Waals surface area contributed by atoms with Crippen LogP contribution in [0.25, 0.3) is 5.83 Å². The number of aryl methyl sites for hydroxylation is 1. The van der Waals surface area contributed by atoms with Gasteiger partial charge in [0.15, 0.2) is 17.5 Å². The van der Waals surface area contributed by atoms with Crippen molar-refractivity contribution in [2.45, 2.75) is 6.92 Å². The van der Waals surface area contributed by atoms with Crippen LogP contribution in [0.1, 0.15) is 11.1 Å². The normalized spacial score (nSPS) is 11.9. The summed E-state index contributed by atoms with van der Waals surface area (Å²) in [5, 5.41) is 0. The molecule has 0 N–H and O–H groups in total. The summed E-state index contributed by atoms with van der Waals surface area (Å²) in [7, 11) is 0. The number of esters is 1. The molecule has 0 saturated carbocycles. The van der Waals surface area contributed by atoms with Crippen LogP contribution in [0.5, 0.6) is 5.75 Å². The molecule has 6 heteroatoms. The zero-order valence-corrected chi connectivity index (χ0v) is 11.4. The number of benzene rings is 2. The average molecular weight is 310 g/mol. The number of carbonyl (C=O) groups is 1. The first-order chi connectivity index (χ1) is 10.4. The van der Waals surface area contributed by atoms with Crippen LogP contribution in [-0.2, 0) is 4.79 Å². The third-order valence-corrected chi connectivity index (χ3v) is 2.78. The van der Waals surface area contributed by atoms with Crippen molar-refractivity contribution in [1.29, 1.82) is 0 Å². The van der Waals surface area contributed by atoms with Gasteiger partial charge in [0.05, 0.1) is 0 Å². The average Bonchev–Trinajstić information content (AvgIpc) is 2.50. The maximum absolute atomic E-state index is 13.8. The van der Waals surface area contributed by atoms with E-state index < -0.39 is 35.0 Å². The fourth-order valence-electron chi connectivity index (χ4n) is 1.61. The van der Waals surface area contributed by atoms with Gasteiger partial charge in [0, 0.05) is 11.6 Å². The molecule has 2 nitrogen and oxygen atoms in total. The van der Waals surface area contributed by atoms with Crippen molar-refractivity contribution in [3.63, 3.8) is 0 Å². The van der Waals surface area contributed by atoms with Crippen molar-refractivity contribution >= 4 is 11.8 Å². The summed E-state index contributed by atoms with van der Waals surface area (Å²) in [6, 6.07) is 7.88. The highest BCUT2D eigenvalue weighted by Gasteiger charge is 2.20. The Morgan fingerprint density at radius 2 is 1.59 bits per heavy atom. The molecule has 0 aliphatic rings. The highest BCUT2D eigenvalue weighted by atomic mass is 19.2. The first kappa shape index (κ1) is 15.8. The van der Waals surface area contributed by atoms with Crippen molar-refractivity contribution in [3.05, 3.63) is 71.1 Å². The van der Waals surface area contributed by atoms with Crippen LogP contribution in [-0.4, -0.2) is 5.97 Å². The Hall–Kier alpha value is -2.63. The van der Waals surface area contributed by atoms with Crippen LogP contribution in [0.2, 0.25) is 0 Å². The Morgan fingerprint density at radius 1 is 0.955 bits per heavy atom. The minimum atomic E-state index is -1.76. The van der Waals surface area contributed by atoms with E-state index >= 15 is 0 Å². The van der Waals surface area contributed by atoms with E-state index in [2.05, 4.69) is 4.74 Å². The van der Waals surface area contributed by atoms with Crippen LogP contribution in [0.3, 0.4) is 0 Å². The standard InChI is InChI=1S/C16H10F4O2/c1-9-2-4-10(5-3-9)14(19)15(20)16(21)22-11-6-7-12(17)13(18)8-11/h2-8H,1H3/b15-14-. The van der Waals surface area contributed by atoms with Gasteiger partial charge in [0.1, 0.15) is 5.75 Å². The van der Waals surface area contributed by atoms with Gasteiger partial charge in [-0.1, -0.05) is 29.8 Å². The molecule has 2 aromatic carbocycles. The summed E-state index contributed by atoms with van der Waals surface area (Å²) in [5.41, 5.74) is 0.701. The smallest absolute Gasteiger partial charge is 0.375 e. The van der Waals surface area contributed by atoms with E-state index in [4.69, 9.17) is 0 Å². The summed E-state index contributed by atoms with van der Waals surface area (Å²) >= 11 is 0. The quantitative estimate of drug-likeness (QED) is 0.361. The van der Waals surface area contributed by atoms with Gasteiger partial charge in [-0.05, 0) is 19.1 Å². The number of rotatable bonds is 3. The molecule has 22 heavy (non-hydrogen) atoms. The third kappa shape index (κ3) is 3.52. The van der Waals surface area contributed by atoms with Gasteiger partial charge in [-0.25, -0.2) is 18.0 Å².